The molecular formula is C67H44N10O2. The highest BCUT2D eigenvalue weighted by Gasteiger charge is 2.23. The molecule has 12 heteroatoms. The summed E-state index contributed by atoms with van der Waals surface area (Å²) in [5, 5.41) is 5.03. The number of aryl methyl sites for hydroxylation is 1. The first-order valence-corrected chi connectivity index (χ1v) is 25.9. The van der Waals surface area contributed by atoms with Gasteiger partial charge in [0.15, 0.2) is 5.69 Å². The fraction of sp³-hybridized carbons (Fsp3) is 0.0597. The van der Waals surface area contributed by atoms with Crippen LogP contribution in [0.5, 0.6) is 0 Å². The van der Waals surface area contributed by atoms with Crippen molar-refractivity contribution in [2.24, 2.45) is 0 Å². The van der Waals surface area contributed by atoms with Gasteiger partial charge in [-0.15, -0.1) is 9.97 Å². The topological polar surface area (TPSA) is 119 Å². The van der Waals surface area contributed by atoms with Gasteiger partial charge in [-0.2, -0.15) is 0 Å². The summed E-state index contributed by atoms with van der Waals surface area (Å²) in [4.78, 5) is 55.2. The lowest BCUT2D eigenvalue weighted by Gasteiger charge is -2.26. The minimum Gasteiger partial charge on any atom is -0.461 e. The van der Waals surface area contributed by atoms with Crippen LogP contribution in [0.3, 0.4) is 0 Å². The number of hydrogen-bond donors (Lipinski definition) is 0. The highest BCUT2D eigenvalue weighted by Crippen LogP contribution is 2.44. The Balaban J connectivity index is 1.06. The zero-order valence-electron chi connectivity index (χ0n) is 42.8. The Morgan fingerprint density at radius 1 is 0.405 bits per heavy atom. The molecule has 0 atom stereocenters. The van der Waals surface area contributed by atoms with Gasteiger partial charge in [0.25, 0.3) is 11.6 Å². The lowest BCUT2D eigenvalue weighted by Crippen LogP contribution is -2.12. The molecule has 0 radical (unpaired) electrons. The van der Waals surface area contributed by atoms with Gasteiger partial charge in [-0.25, -0.2) is 24.7 Å². The molecule has 0 spiro atoms. The Bertz CT molecular complexity index is 4550. The fourth-order valence-corrected chi connectivity index (χ4v) is 10.6. The predicted octanol–water partition coefficient (Wildman–Crippen LogP) is 17.1. The summed E-state index contributed by atoms with van der Waals surface area (Å²) in [6.45, 7) is 19.5. The lowest BCUT2D eigenvalue weighted by molar-refractivity contribution is 0.0518. The van der Waals surface area contributed by atoms with Crippen LogP contribution in [0.1, 0.15) is 30.0 Å². The summed E-state index contributed by atoms with van der Waals surface area (Å²) in [5.74, 6) is -0.651. The van der Waals surface area contributed by atoms with Crippen LogP contribution < -0.4 is 9.80 Å². The number of aromatic nitrogens is 6. The molecule has 0 aliphatic carbocycles. The summed E-state index contributed by atoms with van der Waals surface area (Å²) >= 11 is 0. The molecule has 0 amide bonds. The normalized spacial score (nSPS) is 11.3. The molecule has 0 aliphatic rings. The number of hydrogen-bond acceptors (Lipinski definition) is 10. The van der Waals surface area contributed by atoms with E-state index < -0.39 is 5.97 Å². The first-order chi connectivity index (χ1) is 38.9. The van der Waals surface area contributed by atoms with Crippen molar-refractivity contribution in [3.63, 3.8) is 0 Å². The third-order valence-electron chi connectivity index (χ3n) is 14.2. The molecule has 79 heavy (non-hydrogen) atoms. The van der Waals surface area contributed by atoms with Crippen LogP contribution in [0.2, 0.25) is 0 Å². The molecule has 0 aliphatic heterocycles. The van der Waals surface area contributed by atoms with Crippen LogP contribution in [-0.4, -0.2) is 42.5 Å². The summed E-state index contributed by atoms with van der Waals surface area (Å²) < 4.78 is 5.45. The van der Waals surface area contributed by atoms with E-state index in [0.29, 0.717) is 56.6 Å². The predicted molar refractivity (Wildman–Crippen MR) is 316 cm³/mol. The summed E-state index contributed by atoms with van der Waals surface area (Å²) in [6.07, 6.45) is 0.469. The van der Waals surface area contributed by atoms with E-state index in [9.17, 15) is 4.79 Å². The first-order valence-electron chi connectivity index (χ1n) is 25.9. The van der Waals surface area contributed by atoms with Gasteiger partial charge < -0.3 is 24.2 Å². The smallest absolute Gasteiger partial charge is 0.358 e. The van der Waals surface area contributed by atoms with Crippen LogP contribution in [0.25, 0.3) is 97.6 Å². The minimum absolute atomic E-state index is 0.0613. The number of fused-ring (bicyclic) bond motifs is 9. The second-order valence-corrected chi connectivity index (χ2v) is 18.9. The molecule has 3 aromatic heterocycles. The molecule has 3 heterocycles. The third-order valence-corrected chi connectivity index (χ3v) is 14.2. The van der Waals surface area contributed by atoms with Crippen LogP contribution in [-0.2, 0) is 11.2 Å². The van der Waals surface area contributed by atoms with Crippen LogP contribution >= 0.6 is 0 Å². The van der Waals surface area contributed by atoms with Gasteiger partial charge in [-0.3, -0.25) is 0 Å². The molecule has 10 aromatic carbocycles. The van der Waals surface area contributed by atoms with E-state index in [1.54, 1.807) is 6.92 Å². The Hall–Kier alpha value is -11.0. The van der Waals surface area contributed by atoms with E-state index >= 15 is 0 Å². The zero-order valence-corrected chi connectivity index (χ0v) is 42.8. The van der Waals surface area contributed by atoms with Crippen LogP contribution in [0.4, 0.5) is 45.8 Å². The molecule has 12 nitrogen and oxygen atoms in total. The molecule has 0 saturated heterocycles. The van der Waals surface area contributed by atoms with E-state index in [0.717, 1.165) is 77.6 Å². The number of benzene rings is 10. The quantitative estimate of drug-likeness (QED) is 0.0536. The molecule has 0 N–H and O–H groups in total. The maximum atomic E-state index is 13.3. The average molecular weight is 1020 g/mol. The van der Waals surface area contributed by atoms with Crippen molar-refractivity contribution in [2.45, 2.75) is 20.3 Å². The highest BCUT2D eigenvalue weighted by atomic mass is 16.5. The molecule has 0 saturated carbocycles. The number of carbonyl (C=O) groups excluding carboxylic acids is 1. The van der Waals surface area contributed by atoms with E-state index in [1.807, 2.05) is 104 Å². The molecular weight excluding hydrogens is 977 g/mol. The van der Waals surface area contributed by atoms with Crippen LogP contribution in [0.15, 0.2) is 206 Å². The Kier molecular flexibility index (Phi) is 12.1. The standard InChI is InChI=1S/C67H44N10O2/c1-5-55-64(67(78)79-6-2)73-57-36-50-49(35-56(57)70-55)53-39-60-61(75-66(69-4)65(68-3)74-60)40-54(53)52-38-59-58(37-51(50)52)71-62(41-27-31-47(32-28-41)76(43-19-11-7-12-20-43)44-21-13-8-14-22-44)63(72-59)42-29-33-48(34-30-42)77(45-23-15-9-16-24-45)46-25-17-10-18-26-46/h7-40H,5-6H2,1-2H3. The average Bonchev–Trinajstić information content (AvgIpc) is 3.56. The van der Waals surface area contributed by atoms with Gasteiger partial charge >= 0.3 is 5.97 Å². The zero-order chi connectivity index (χ0) is 53.6. The molecule has 0 bridgehead atoms. The van der Waals surface area contributed by atoms with Crippen molar-refractivity contribution in [1.29, 1.82) is 0 Å². The van der Waals surface area contributed by atoms with Crippen molar-refractivity contribution in [3.05, 3.63) is 240 Å². The SMILES string of the molecule is [C-]#[N+]c1nc2cc3c4cc5nc(CC)c(C(=O)OCC)nc5cc4c4cc5nc(-c6ccc(N(c7ccccc7)c7ccccc7)cc6)c(-c6ccc(N(c7ccccc7)c7ccccc7)cc6)nc5cc4c3cc2nc1[N+]#[C-]. The van der Waals surface area contributed by atoms with Crippen LogP contribution in [0, 0.1) is 13.1 Å². The minimum atomic E-state index is -0.526. The van der Waals surface area contributed by atoms with Gasteiger partial charge in [0.2, 0.25) is 11.0 Å². The second kappa shape index (κ2) is 20.0. The van der Waals surface area contributed by atoms with Gasteiger partial charge in [0.1, 0.15) is 0 Å². The number of rotatable bonds is 11. The van der Waals surface area contributed by atoms with E-state index in [2.05, 4.69) is 139 Å². The first kappa shape index (κ1) is 47.7. The lowest BCUT2D eigenvalue weighted by atomic mass is 9.92. The van der Waals surface area contributed by atoms with Gasteiger partial charge in [0, 0.05) is 57.4 Å². The van der Waals surface area contributed by atoms with Gasteiger partial charge in [-0.05, 0) is 143 Å². The molecule has 0 fully saturated rings. The Labute approximate surface area is 454 Å². The number of nitrogens with zero attached hydrogens (tertiary/aromatic N) is 10. The summed E-state index contributed by atoms with van der Waals surface area (Å²) in [7, 11) is 0. The Morgan fingerprint density at radius 2 is 0.709 bits per heavy atom. The summed E-state index contributed by atoms with van der Waals surface area (Å²) in [5.41, 5.74) is 13.3. The monoisotopic (exact) mass is 1020 g/mol. The molecule has 374 valence electrons. The molecule has 13 rings (SSSR count). The van der Waals surface area contributed by atoms with Gasteiger partial charge in [-0.1, -0.05) is 117 Å². The van der Waals surface area contributed by atoms with E-state index in [1.165, 1.54) is 0 Å². The number of carbonyl (C=O) groups is 1. The van der Waals surface area contributed by atoms with Gasteiger partial charge in [0.05, 0.1) is 45.8 Å². The van der Waals surface area contributed by atoms with Crippen molar-refractivity contribution in [2.75, 3.05) is 16.4 Å². The Morgan fingerprint density at radius 3 is 1.03 bits per heavy atom. The largest absolute Gasteiger partial charge is 0.461 e. The van der Waals surface area contributed by atoms with Crippen molar-refractivity contribution in [3.8, 4) is 22.5 Å². The fourth-order valence-electron chi connectivity index (χ4n) is 10.6. The van der Waals surface area contributed by atoms with Crippen molar-refractivity contribution >= 4 is 117 Å². The number of esters is 1. The van der Waals surface area contributed by atoms with E-state index in [4.69, 9.17) is 37.8 Å². The maximum Gasteiger partial charge on any atom is 0.358 e. The number of anilines is 6. The highest BCUT2D eigenvalue weighted by molar-refractivity contribution is 6.30. The van der Waals surface area contributed by atoms with Crippen molar-refractivity contribution < 1.29 is 9.53 Å². The third kappa shape index (κ3) is 8.56. The van der Waals surface area contributed by atoms with E-state index in [-0.39, 0.29) is 23.9 Å². The summed E-state index contributed by atoms with van der Waals surface area (Å²) in [6, 6.07) is 70.2. The maximum absolute atomic E-state index is 13.3. The number of para-hydroxylation sites is 4. The van der Waals surface area contributed by atoms with Crippen molar-refractivity contribution in [1.82, 2.24) is 29.9 Å². The molecule has 0 unspecified atom stereocenters. The second-order valence-electron chi connectivity index (χ2n) is 18.9. The number of ether oxygens (including phenoxy) is 1. The molecule has 13 aromatic rings.